The van der Waals surface area contributed by atoms with Gasteiger partial charge in [-0.05, 0) is 75.2 Å². The van der Waals surface area contributed by atoms with E-state index in [9.17, 15) is 14.4 Å². The maximum Gasteiger partial charge on any atom is 0.338 e. The Labute approximate surface area is 214 Å². The lowest BCUT2D eigenvalue weighted by Crippen LogP contribution is -2.62. The van der Waals surface area contributed by atoms with Crippen LogP contribution < -0.4 is 0 Å². The van der Waals surface area contributed by atoms with E-state index in [4.69, 9.17) is 18.9 Å². The summed E-state index contributed by atoms with van der Waals surface area (Å²) in [7, 11) is 0. The Balaban J connectivity index is 1.49. The van der Waals surface area contributed by atoms with Gasteiger partial charge in [0.2, 0.25) is 5.79 Å². The fourth-order valence-electron chi connectivity index (χ4n) is 4.23. The molecule has 1 spiro atoms. The summed E-state index contributed by atoms with van der Waals surface area (Å²) < 4.78 is 25.2. The summed E-state index contributed by atoms with van der Waals surface area (Å²) in [4.78, 5) is 38.5. The Morgan fingerprint density at radius 1 is 0.853 bits per heavy atom. The number of hydrogen-bond acceptors (Lipinski definition) is 7. The SMILES string of the molecule is C[C@@H]1CC[C@H](OC(=O)c2ccc(Br)cc2)[C@@]2(CC(=O)[C@@H](OC(=O)c3ccc(Br)cc3)[C@H](C)O2)O1. The number of benzene rings is 2. The zero-order chi connectivity index (χ0) is 24.5. The van der Waals surface area contributed by atoms with Gasteiger partial charge in [0, 0.05) is 8.95 Å². The maximum absolute atomic E-state index is 13.2. The summed E-state index contributed by atoms with van der Waals surface area (Å²) >= 11 is 6.66. The number of halogens is 2. The molecule has 0 amide bonds. The van der Waals surface area contributed by atoms with Gasteiger partial charge < -0.3 is 18.9 Å². The minimum atomic E-state index is -1.43. The average molecular weight is 596 g/mol. The van der Waals surface area contributed by atoms with E-state index in [1.807, 2.05) is 6.92 Å². The topological polar surface area (TPSA) is 88.1 Å². The van der Waals surface area contributed by atoms with Crippen LogP contribution in [0.25, 0.3) is 0 Å². The number of ether oxygens (including phenoxy) is 4. The first kappa shape index (κ1) is 25.0. The van der Waals surface area contributed by atoms with Crippen LogP contribution in [0.5, 0.6) is 0 Å². The third kappa shape index (κ3) is 5.43. The lowest BCUT2D eigenvalue weighted by molar-refractivity contribution is -0.344. The first-order valence-corrected chi connectivity index (χ1v) is 12.6. The highest BCUT2D eigenvalue weighted by atomic mass is 79.9. The molecule has 0 radical (unpaired) electrons. The largest absolute Gasteiger partial charge is 0.453 e. The van der Waals surface area contributed by atoms with Gasteiger partial charge in [-0.25, -0.2) is 9.59 Å². The Bertz CT molecular complexity index is 1070. The van der Waals surface area contributed by atoms with E-state index < -0.39 is 36.0 Å². The molecule has 4 rings (SSSR count). The minimum Gasteiger partial charge on any atom is -0.453 e. The molecular weight excluding hydrogens is 572 g/mol. The smallest absolute Gasteiger partial charge is 0.338 e. The Morgan fingerprint density at radius 3 is 1.91 bits per heavy atom. The zero-order valence-corrected chi connectivity index (χ0v) is 21.8. The van der Waals surface area contributed by atoms with Crippen molar-refractivity contribution in [3.63, 3.8) is 0 Å². The summed E-state index contributed by atoms with van der Waals surface area (Å²) in [5, 5.41) is 0. The minimum absolute atomic E-state index is 0.190. The summed E-state index contributed by atoms with van der Waals surface area (Å²) in [5.41, 5.74) is 0.709. The standard InChI is InChI=1S/C25H24Br2O7/c1-14-3-12-21(31-23(29)16-4-8-18(26)9-5-16)25(33-14)13-20(28)22(15(2)34-25)32-24(30)17-6-10-19(27)11-7-17/h4-11,14-15,21-22H,3,12-13H2,1-2H3/t14-,15+,21+,22+,25+/m1/s1. The first-order chi connectivity index (χ1) is 16.2. The molecule has 2 aliphatic rings. The molecule has 5 atom stereocenters. The lowest BCUT2D eigenvalue weighted by Gasteiger charge is -2.49. The van der Waals surface area contributed by atoms with Crippen molar-refractivity contribution in [2.45, 2.75) is 63.3 Å². The van der Waals surface area contributed by atoms with Crippen LogP contribution in [0, 0.1) is 0 Å². The van der Waals surface area contributed by atoms with Crippen LogP contribution in [0.3, 0.4) is 0 Å². The van der Waals surface area contributed by atoms with E-state index in [0.717, 1.165) is 8.95 Å². The quantitative estimate of drug-likeness (QED) is 0.447. The molecule has 34 heavy (non-hydrogen) atoms. The second kappa shape index (κ2) is 10.3. The van der Waals surface area contributed by atoms with Gasteiger partial charge in [0.15, 0.2) is 18.0 Å². The van der Waals surface area contributed by atoms with Gasteiger partial charge >= 0.3 is 11.9 Å². The van der Waals surface area contributed by atoms with Crippen LogP contribution in [0.4, 0.5) is 0 Å². The molecule has 0 saturated carbocycles. The third-order valence-electron chi connectivity index (χ3n) is 5.92. The molecule has 0 aromatic heterocycles. The summed E-state index contributed by atoms with van der Waals surface area (Å²) in [6, 6.07) is 13.5. The molecule has 9 heteroatoms. The number of hydrogen-bond donors (Lipinski definition) is 0. The monoisotopic (exact) mass is 594 g/mol. The summed E-state index contributed by atoms with van der Waals surface area (Å²) in [6.07, 6.45) is -1.93. The molecule has 2 aromatic carbocycles. The number of esters is 2. The van der Waals surface area contributed by atoms with Crippen LogP contribution in [0.15, 0.2) is 57.5 Å². The molecule has 2 heterocycles. The van der Waals surface area contributed by atoms with Gasteiger partial charge in [0.25, 0.3) is 0 Å². The number of ketones is 1. The van der Waals surface area contributed by atoms with Crippen LogP contribution >= 0.6 is 31.9 Å². The number of Topliss-reactive ketones (excluding diaryl/α,β-unsaturated/α-hetero) is 1. The Morgan fingerprint density at radius 2 is 1.38 bits per heavy atom. The van der Waals surface area contributed by atoms with Gasteiger partial charge in [0.05, 0.1) is 23.7 Å². The van der Waals surface area contributed by atoms with Crippen molar-refractivity contribution in [3.05, 3.63) is 68.6 Å². The van der Waals surface area contributed by atoms with Crippen molar-refractivity contribution in [3.8, 4) is 0 Å². The second-order valence-corrected chi connectivity index (χ2v) is 10.3. The molecule has 180 valence electrons. The molecule has 0 aliphatic carbocycles. The fourth-order valence-corrected chi connectivity index (χ4v) is 4.76. The van der Waals surface area contributed by atoms with Crippen molar-refractivity contribution >= 4 is 49.6 Å². The molecule has 2 aromatic rings. The van der Waals surface area contributed by atoms with Gasteiger partial charge in [-0.15, -0.1) is 0 Å². The average Bonchev–Trinajstić information content (AvgIpc) is 2.79. The van der Waals surface area contributed by atoms with E-state index in [2.05, 4.69) is 31.9 Å². The molecule has 2 saturated heterocycles. The Hall–Kier alpha value is -2.07. The van der Waals surface area contributed by atoms with Crippen LogP contribution in [-0.2, 0) is 23.7 Å². The summed E-state index contributed by atoms with van der Waals surface area (Å²) in [5.74, 6) is -2.92. The van der Waals surface area contributed by atoms with E-state index in [1.54, 1.807) is 55.5 Å². The number of carbonyl (C=O) groups is 3. The number of rotatable bonds is 4. The van der Waals surface area contributed by atoms with Crippen molar-refractivity contribution in [1.82, 2.24) is 0 Å². The molecule has 7 nitrogen and oxygen atoms in total. The lowest BCUT2D eigenvalue weighted by atomic mass is 9.88. The highest BCUT2D eigenvalue weighted by molar-refractivity contribution is 9.10. The predicted octanol–water partition coefficient (Wildman–Crippen LogP) is 5.24. The van der Waals surface area contributed by atoms with Crippen LogP contribution in [0.2, 0.25) is 0 Å². The van der Waals surface area contributed by atoms with E-state index in [-0.39, 0.29) is 18.3 Å². The molecule has 0 unspecified atom stereocenters. The second-order valence-electron chi connectivity index (χ2n) is 8.52. The third-order valence-corrected chi connectivity index (χ3v) is 6.98. The van der Waals surface area contributed by atoms with Gasteiger partial charge in [-0.2, -0.15) is 0 Å². The van der Waals surface area contributed by atoms with E-state index in [1.165, 1.54) is 0 Å². The normalized spacial score (nSPS) is 29.0. The molecular formula is C25H24Br2O7. The maximum atomic E-state index is 13.2. The zero-order valence-electron chi connectivity index (χ0n) is 18.7. The van der Waals surface area contributed by atoms with Crippen molar-refractivity contribution < 1.29 is 33.3 Å². The Kier molecular flexibility index (Phi) is 7.57. The van der Waals surface area contributed by atoms with E-state index >= 15 is 0 Å². The van der Waals surface area contributed by atoms with Crippen LogP contribution in [-0.4, -0.2) is 47.9 Å². The molecule has 0 N–H and O–H groups in total. The predicted molar refractivity (Wildman–Crippen MR) is 129 cm³/mol. The molecule has 2 aliphatic heterocycles. The van der Waals surface area contributed by atoms with Gasteiger partial charge in [-0.1, -0.05) is 31.9 Å². The first-order valence-electron chi connectivity index (χ1n) is 11.0. The summed E-state index contributed by atoms with van der Waals surface area (Å²) in [6.45, 7) is 3.53. The highest BCUT2D eigenvalue weighted by Crippen LogP contribution is 2.41. The van der Waals surface area contributed by atoms with Crippen LogP contribution in [0.1, 0.15) is 53.8 Å². The van der Waals surface area contributed by atoms with Crippen molar-refractivity contribution in [2.75, 3.05) is 0 Å². The van der Waals surface area contributed by atoms with Gasteiger partial charge in [-0.3, -0.25) is 4.79 Å². The highest BCUT2D eigenvalue weighted by Gasteiger charge is 2.56. The number of carbonyl (C=O) groups excluding carboxylic acids is 3. The van der Waals surface area contributed by atoms with Crippen molar-refractivity contribution in [1.29, 1.82) is 0 Å². The van der Waals surface area contributed by atoms with Crippen molar-refractivity contribution in [2.24, 2.45) is 0 Å². The van der Waals surface area contributed by atoms with Gasteiger partial charge in [0.1, 0.15) is 6.10 Å². The molecule has 0 bridgehead atoms. The fraction of sp³-hybridized carbons (Fsp3) is 0.400. The van der Waals surface area contributed by atoms with E-state index in [0.29, 0.717) is 24.0 Å². The molecule has 2 fully saturated rings.